The SMILES string of the molecule is CCN(CC)CCNC1=CC(=O)C=C/C1=N\Nc1ccc(Nc2ccc(N=Nc3c(S(=O)(=O)O)cc4c(c3N)C(=O)/C(=N\Nc3ccccc3)C(S(=O)(=O)O)=C4)cc2S(=O)(=O)O)cc1. The quantitative estimate of drug-likeness (QED) is 0.0212. The van der Waals surface area contributed by atoms with Crippen molar-refractivity contribution in [3.8, 4) is 0 Å². The number of Topliss-reactive ketones (excluding diaryl/α,β-unsaturated/α-hetero) is 1. The highest BCUT2D eigenvalue weighted by atomic mass is 32.2. The highest BCUT2D eigenvalue weighted by Crippen LogP contribution is 2.41. The molecule has 0 unspecified atom stereocenters. The maximum Gasteiger partial charge on any atom is 0.296 e. The highest BCUT2D eigenvalue weighted by molar-refractivity contribution is 7.91. The summed E-state index contributed by atoms with van der Waals surface area (Å²) in [6.07, 6.45) is 5.16. The number of anilines is 5. The first-order valence-electron chi connectivity index (χ1n) is 19.0. The zero-order valence-corrected chi connectivity index (χ0v) is 36.2. The Kier molecular flexibility index (Phi) is 14.0. The van der Waals surface area contributed by atoms with E-state index in [1.807, 2.05) is 0 Å². The number of allylic oxidation sites excluding steroid dienone is 4. The highest BCUT2D eigenvalue weighted by Gasteiger charge is 2.37. The second-order valence-electron chi connectivity index (χ2n) is 13.7. The monoisotopic (exact) mass is 932 g/mol. The summed E-state index contributed by atoms with van der Waals surface area (Å²) < 4.78 is 105. The normalized spacial score (nSPS) is 15.7. The fraction of sp³-hybridized carbons (Fsp3) is 0.150. The number of benzene rings is 4. The Hall–Kier alpha value is -6.93. The van der Waals surface area contributed by atoms with Crippen LogP contribution in [-0.2, 0) is 35.1 Å². The molecule has 4 aromatic carbocycles. The number of para-hydroxylation sites is 1. The molecule has 0 amide bonds. The molecule has 0 saturated carbocycles. The maximum atomic E-state index is 13.8. The molecule has 0 aromatic heterocycles. The van der Waals surface area contributed by atoms with Gasteiger partial charge in [-0.2, -0.15) is 40.6 Å². The van der Waals surface area contributed by atoms with Gasteiger partial charge in [0.15, 0.2) is 11.5 Å². The molecule has 0 fully saturated rings. The number of rotatable bonds is 17. The van der Waals surface area contributed by atoms with E-state index >= 15 is 0 Å². The lowest BCUT2D eigenvalue weighted by molar-refractivity contribution is -0.110. The van der Waals surface area contributed by atoms with Crippen LogP contribution >= 0.6 is 0 Å². The Balaban J connectivity index is 1.26. The van der Waals surface area contributed by atoms with Gasteiger partial charge in [0.25, 0.3) is 30.4 Å². The van der Waals surface area contributed by atoms with Crippen LogP contribution < -0.4 is 27.2 Å². The Morgan fingerprint density at radius 2 is 1.34 bits per heavy atom. The molecule has 0 spiro atoms. The number of carbonyl (C=O) groups is 2. The molecule has 6 rings (SSSR count). The molecule has 0 radical (unpaired) electrons. The molecule has 0 aliphatic heterocycles. The lowest BCUT2D eigenvalue weighted by Gasteiger charge is -2.20. The predicted molar refractivity (Wildman–Crippen MR) is 241 cm³/mol. The fourth-order valence-corrected chi connectivity index (χ4v) is 8.28. The van der Waals surface area contributed by atoms with Gasteiger partial charge < -0.3 is 21.3 Å². The summed E-state index contributed by atoms with van der Waals surface area (Å²) in [5.74, 6) is -1.37. The Morgan fingerprint density at radius 1 is 0.703 bits per heavy atom. The number of hydrogen-bond donors (Lipinski definition) is 8. The average molecular weight is 933 g/mol. The number of hydrogen-bond acceptors (Lipinski definition) is 18. The van der Waals surface area contributed by atoms with Gasteiger partial charge in [0.2, 0.25) is 5.78 Å². The summed E-state index contributed by atoms with van der Waals surface area (Å²) in [5, 5.41) is 22.1. The van der Waals surface area contributed by atoms with Gasteiger partial charge >= 0.3 is 0 Å². The van der Waals surface area contributed by atoms with Crippen LogP contribution in [0.5, 0.6) is 0 Å². The smallest absolute Gasteiger partial charge is 0.296 e. The van der Waals surface area contributed by atoms with Crippen molar-refractivity contribution in [1.29, 1.82) is 0 Å². The van der Waals surface area contributed by atoms with E-state index in [-0.39, 0.29) is 17.2 Å². The van der Waals surface area contributed by atoms with E-state index in [1.165, 1.54) is 24.3 Å². The topological polar surface area (TPSA) is 324 Å². The minimum atomic E-state index is -5.23. The number of nitrogen functional groups attached to an aromatic ring is 1. The van der Waals surface area contributed by atoms with Crippen LogP contribution in [0.15, 0.2) is 138 Å². The molecule has 21 nitrogen and oxygen atoms in total. The molecule has 0 bridgehead atoms. The minimum Gasteiger partial charge on any atom is -0.396 e. The first-order valence-corrected chi connectivity index (χ1v) is 23.3. The lowest BCUT2D eigenvalue weighted by Crippen LogP contribution is -2.33. The van der Waals surface area contributed by atoms with E-state index in [2.05, 4.69) is 60.7 Å². The van der Waals surface area contributed by atoms with E-state index in [4.69, 9.17) is 5.73 Å². The van der Waals surface area contributed by atoms with E-state index in [0.29, 0.717) is 41.1 Å². The molecule has 0 atom stereocenters. The molecule has 2 aliphatic rings. The standard InChI is InChI=1S/C40H40N10O11S3/c1-3-50(4-2)19-18-42-32-23-29(51)15-17-30(32)47-44-27-12-10-25(11-13-27)43-31-16-14-28(22-33(31)62(53,54)55)46-48-38-34(63(56,57)58)20-24-21-35(64(59,60)61)39(40(52)36(24)37(38)41)49-45-26-8-6-5-7-9-26/h5-17,20-23,42-45H,3-4,18-19,41H2,1-2H3,(H,53,54,55)(H,56,57,58)(H,59,60,61)/b47-30+,48-46?,49-39-. The molecule has 9 N–H and O–H groups in total. The van der Waals surface area contributed by atoms with Crippen molar-refractivity contribution >= 4 is 99.2 Å². The van der Waals surface area contributed by atoms with Gasteiger partial charge in [-0.15, -0.1) is 5.11 Å². The number of azo groups is 1. The zero-order chi connectivity index (χ0) is 46.4. The van der Waals surface area contributed by atoms with Crippen molar-refractivity contribution < 1.29 is 48.5 Å². The molecule has 334 valence electrons. The first-order chi connectivity index (χ1) is 30.3. The third kappa shape index (κ3) is 11.2. The number of nitrogens with zero attached hydrogens (tertiary/aromatic N) is 5. The summed E-state index contributed by atoms with van der Waals surface area (Å²) in [5.41, 5.74) is 10.3. The lowest BCUT2D eigenvalue weighted by atomic mass is 9.92. The molecule has 64 heavy (non-hydrogen) atoms. The fourth-order valence-electron chi connectivity index (χ4n) is 6.28. The van der Waals surface area contributed by atoms with Crippen molar-refractivity contribution in [2.75, 3.05) is 48.1 Å². The number of nitrogens with one attached hydrogen (secondary N) is 4. The number of nitrogens with two attached hydrogens (primary N) is 1. The Bertz CT molecular complexity index is 3040. The van der Waals surface area contributed by atoms with Crippen LogP contribution in [0.1, 0.15) is 29.8 Å². The molecule has 0 saturated heterocycles. The summed E-state index contributed by atoms with van der Waals surface area (Å²) in [4.78, 5) is 25.3. The molecule has 0 heterocycles. The molecular formula is C40H40N10O11S3. The molecular weight excluding hydrogens is 893 g/mol. The van der Waals surface area contributed by atoms with Crippen LogP contribution in [0.4, 0.5) is 39.8 Å². The van der Waals surface area contributed by atoms with Gasteiger partial charge in [-0.3, -0.25) is 34.1 Å². The summed E-state index contributed by atoms with van der Waals surface area (Å²) in [6.45, 7) is 7.27. The van der Waals surface area contributed by atoms with E-state index < -0.39 is 79.0 Å². The van der Waals surface area contributed by atoms with E-state index in [9.17, 15) is 48.5 Å². The van der Waals surface area contributed by atoms with Gasteiger partial charge in [-0.25, -0.2) is 0 Å². The van der Waals surface area contributed by atoms with E-state index in [1.54, 1.807) is 60.7 Å². The minimum absolute atomic E-state index is 0.111. The first kappa shape index (κ1) is 46.6. The number of ketones is 2. The van der Waals surface area contributed by atoms with Gasteiger partial charge in [-0.1, -0.05) is 32.0 Å². The molecule has 24 heteroatoms. The Labute approximate surface area is 367 Å². The molecule has 4 aromatic rings. The van der Waals surface area contributed by atoms with Gasteiger partial charge in [0.05, 0.1) is 39.7 Å². The third-order valence-corrected chi connectivity index (χ3v) is 12.1. The van der Waals surface area contributed by atoms with Crippen molar-refractivity contribution in [2.45, 2.75) is 23.6 Å². The summed E-state index contributed by atoms with van der Waals surface area (Å²) in [7, 11) is -15.3. The van der Waals surface area contributed by atoms with Crippen LogP contribution in [-0.4, -0.2) is 93.0 Å². The largest absolute Gasteiger partial charge is 0.396 e. The van der Waals surface area contributed by atoms with Gasteiger partial charge in [0, 0.05) is 24.9 Å². The van der Waals surface area contributed by atoms with Gasteiger partial charge in [-0.05, 0) is 97.5 Å². The van der Waals surface area contributed by atoms with Crippen LogP contribution in [0, 0.1) is 0 Å². The second kappa shape index (κ2) is 19.2. The van der Waals surface area contributed by atoms with Crippen molar-refractivity contribution in [3.05, 3.63) is 119 Å². The van der Waals surface area contributed by atoms with Crippen molar-refractivity contribution in [2.24, 2.45) is 20.4 Å². The summed E-state index contributed by atoms with van der Waals surface area (Å²) >= 11 is 0. The Morgan fingerprint density at radius 3 is 1.98 bits per heavy atom. The predicted octanol–water partition coefficient (Wildman–Crippen LogP) is 5.54. The van der Waals surface area contributed by atoms with Crippen molar-refractivity contribution in [1.82, 2.24) is 10.2 Å². The average Bonchev–Trinajstić information content (AvgIpc) is 3.24. The number of likely N-dealkylation sites (N-methyl/N-ethyl adjacent to an activating group) is 1. The van der Waals surface area contributed by atoms with Crippen LogP contribution in [0.25, 0.3) is 6.08 Å². The third-order valence-electron chi connectivity index (χ3n) is 9.51. The van der Waals surface area contributed by atoms with Gasteiger partial charge in [0.1, 0.15) is 26.1 Å². The number of carbonyl (C=O) groups excluding carboxylic acids is 2. The van der Waals surface area contributed by atoms with Crippen LogP contribution in [0.2, 0.25) is 0 Å². The number of fused-ring (bicyclic) bond motifs is 1. The zero-order valence-electron chi connectivity index (χ0n) is 33.8. The van der Waals surface area contributed by atoms with Crippen molar-refractivity contribution in [3.63, 3.8) is 0 Å². The second-order valence-corrected chi connectivity index (χ2v) is 17.9. The van der Waals surface area contributed by atoms with E-state index in [0.717, 1.165) is 31.8 Å². The van der Waals surface area contributed by atoms with Crippen LogP contribution in [0.3, 0.4) is 0 Å². The summed E-state index contributed by atoms with van der Waals surface area (Å²) in [6, 6.07) is 18.5. The molecule has 2 aliphatic carbocycles. The maximum absolute atomic E-state index is 13.8. The number of hydrazone groups is 2.